The van der Waals surface area contributed by atoms with Crippen LogP contribution in [0, 0.1) is 23.7 Å². The molecule has 2 nitrogen and oxygen atoms in total. The van der Waals surface area contributed by atoms with E-state index in [4.69, 9.17) is 9.47 Å². The highest BCUT2D eigenvalue weighted by Crippen LogP contribution is 2.73. The second kappa shape index (κ2) is 12.5. The van der Waals surface area contributed by atoms with Crippen LogP contribution in [0.5, 0.6) is 0 Å². The Morgan fingerprint density at radius 1 is 0.500 bits per heavy atom. The van der Waals surface area contributed by atoms with E-state index >= 15 is 0 Å². The lowest BCUT2D eigenvalue weighted by molar-refractivity contribution is -0.0593. The molecular weight excluding hydrogens is 609 g/mol. The molecule has 1 saturated carbocycles. The Hall–Kier alpha value is -4.76. The predicted octanol–water partition coefficient (Wildman–Crippen LogP) is 10.5. The molecule has 0 spiro atoms. The molecule has 8 aliphatic carbocycles. The van der Waals surface area contributed by atoms with E-state index in [1.54, 1.807) is 0 Å². The van der Waals surface area contributed by atoms with Crippen molar-refractivity contribution in [2.24, 2.45) is 23.7 Å². The zero-order chi connectivity index (χ0) is 33.7. The smallest absolute Gasteiger partial charge is 0.0717 e. The van der Waals surface area contributed by atoms with Crippen LogP contribution in [-0.2, 0) is 33.5 Å². The first-order valence-electron chi connectivity index (χ1n) is 18.2. The number of benzene rings is 4. The van der Waals surface area contributed by atoms with E-state index in [0.717, 1.165) is 11.1 Å². The standard InChI is InChI=1S/C48H44O2/c1-3-33-21-25-35(26-22-33)29-49-31-47-41-17-9-5-13-37(41)46(38-14-6-10-18-42(38)47)48(32-50-30-36-27-23-34(4-2)24-28-36)43-19-11-7-15-39(43)45(47)40-16-8-12-20-44(40)48/h3-28,37,39,41,43,45-46H,1-2,29-32H2. The van der Waals surface area contributed by atoms with Crippen LogP contribution in [0.1, 0.15) is 56.3 Å². The molecule has 0 N–H and O–H groups in total. The van der Waals surface area contributed by atoms with Crippen LogP contribution in [-0.4, -0.2) is 13.2 Å². The third-order valence-electron chi connectivity index (χ3n) is 12.7. The van der Waals surface area contributed by atoms with Crippen LogP contribution >= 0.6 is 0 Å². The van der Waals surface area contributed by atoms with Crippen LogP contribution in [0.15, 0.2) is 159 Å². The number of rotatable bonds is 10. The van der Waals surface area contributed by atoms with Gasteiger partial charge in [0.2, 0.25) is 0 Å². The lowest BCUT2D eigenvalue weighted by Gasteiger charge is -2.68. The van der Waals surface area contributed by atoms with Crippen LogP contribution in [0.25, 0.3) is 12.2 Å². The first kappa shape index (κ1) is 31.2. The zero-order valence-corrected chi connectivity index (χ0v) is 28.5. The Labute approximate surface area is 296 Å². The van der Waals surface area contributed by atoms with Gasteiger partial charge in [-0.05, 0) is 68.2 Å². The zero-order valence-electron chi connectivity index (χ0n) is 28.5. The predicted molar refractivity (Wildman–Crippen MR) is 205 cm³/mol. The maximum Gasteiger partial charge on any atom is 0.0717 e. The van der Waals surface area contributed by atoms with Crippen molar-refractivity contribution in [3.05, 3.63) is 203 Å². The first-order valence-corrected chi connectivity index (χ1v) is 18.2. The Balaban J connectivity index is 1.22. The second-order valence-corrected chi connectivity index (χ2v) is 14.8. The summed E-state index contributed by atoms with van der Waals surface area (Å²) in [5, 5.41) is 0. The monoisotopic (exact) mass is 652 g/mol. The highest BCUT2D eigenvalue weighted by atomic mass is 16.5. The van der Waals surface area contributed by atoms with Gasteiger partial charge in [-0.15, -0.1) is 0 Å². The maximum atomic E-state index is 7.00. The third-order valence-corrected chi connectivity index (χ3v) is 12.7. The molecule has 8 atom stereocenters. The third kappa shape index (κ3) is 4.62. The van der Waals surface area contributed by atoms with E-state index in [0.29, 0.717) is 38.3 Å². The van der Waals surface area contributed by atoms with Crippen LogP contribution in [0.3, 0.4) is 0 Å². The van der Waals surface area contributed by atoms with Gasteiger partial charge in [-0.1, -0.05) is 171 Å². The van der Waals surface area contributed by atoms with Gasteiger partial charge in [0.05, 0.1) is 26.4 Å². The fourth-order valence-corrected chi connectivity index (χ4v) is 10.8. The molecule has 12 rings (SSSR count). The number of hydrogen-bond acceptors (Lipinski definition) is 2. The lowest BCUT2D eigenvalue weighted by Crippen LogP contribution is -2.66. The quantitative estimate of drug-likeness (QED) is 0.170. The molecule has 248 valence electrons. The van der Waals surface area contributed by atoms with Gasteiger partial charge >= 0.3 is 0 Å². The molecule has 8 unspecified atom stereocenters. The molecule has 0 aromatic heterocycles. The van der Waals surface area contributed by atoms with Gasteiger partial charge in [-0.2, -0.15) is 0 Å². The van der Waals surface area contributed by atoms with E-state index in [9.17, 15) is 0 Å². The van der Waals surface area contributed by atoms with Crippen molar-refractivity contribution in [2.75, 3.05) is 13.2 Å². The summed E-state index contributed by atoms with van der Waals surface area (Å²) in [6.45, 7) is 10.3. The summed E-state index contributed by atoms with van der Waals surface area (Å²) < 4.78 is 14.0. The molecule has 0 heterocycles. The van der Waals surface area contributed by atoms with E-state index in [2.05, 4.69) is 159 Å². The lowest BCUT2D eigenvalue weighted by atomic mass is 9.35. The van der Waals surface area contributed by atoms with Crippen molar-refractivity contribution in [3.63, 3.8) is 0 Å². The van der Waals surface area contributed by atoms with Gasteiger partial charge in [-0.3, -0.25) is 0 Å². The molecule has 1 fully saturated rings. The fraction of sp³-hybridized carbons (Fsp3) is 0.250. The molecule has 4 aromatic carbocycles. The molecule has 0 amide bonds. The van der Waals surface area contributed by atoms with Crippen molar-refractivity contribution < 1.29 is 9.47 Å². The molecule has 4 bridgehead atoms. The summed E-state index contributed by atoms with van der Waals surface area (Å²) in [6, 6.07) is 36.0. The number of allylic oxidation sites excluding steroid dienone is 8. The van der Waals surface area contributed by atoms with E-state index in [1.165, 1.54) is 33.4 Å². The Bertz CT molecular complexity index is 1900. The SMILES string of the molecule is C=Cc1ccc(COCC23c4ccccc4C(C4C=CC=CC42)C2(COCc4ccc(C=C)cc4)c4ccccc4C3C3C=CC=CC32)cc1. The molecule has 0 radical (unpaired) electrons. The van der Waals surface area contributed by atoms with Gasteiger partial charge in [0.25, 0.3) is 0 Å². The molecule has 0 saturated heterocycles. The highest BCUT2D eigenvalue weighted by molar-refractivity contribution is 5.61. The molecule has 8 aliphatic rings. The minimum Gasteiger partial charge on any atom is -0.376 e. The molecule has 4 aromatic rings. The normalized spacial score (nSPS) is 30.5. The molecular formula is C48H44O2. The second-order valence-electron chi connectivity index (χ2n) is 14.8. The Kier molecular flexibility index (Phi) is 7.83. The average Bonchev–Trinajstić information content (AvgIpc) is 3.17. The van der Waals surface area contributed by atoms with Gasteiger partial charge in [-0.25, -0.2) is 0 Å². The topological polar surface area (TPSA) is 18.5 Å². The van der Waals surface area contributed by atoms with Crippen molar-refractivity contribution >= 4 is 12.2 Å². The summed E-state index contributed by atoms with van der Waals surface area (Å²) in [4.78, 5) is 0. The van der Waals surface area contributed by atoms with Crippen LogP contribution < -0.4 is 0 Å². The van der Waals surface area contributed by atoms with E-state index in [1.807, 2.05) is 12.2 Å². The van der Waals surface area contributed by atoms with Crippen LogP contribution in [0.2, 0.25) is 0 Å². The van der Waals surface area contributed by atoms with Crippen molar-refractivity contribution in [3.8, 4) is 0 Å². The molecule has 2 heteroatoms. The summed E-state index contributed by atoms with van der Waals surface area (Å²) in [7, 11) is 0. The van der Waals surface area contributed by atoms with Crippen LogP contribution in [0.4, 0.5) is 0 Å². The number of ether oxygens (including phenoxy) is 2. The van der Waals surface area contributed by atoms with Gasteiger partial charge < -0.3 is 9.47 Å². The fourth-order valence-electron chi connectivity index (χ4n) is 10.8. The summed E-state index contributed by atoms with van der Waals surface area (Å²) in [6.07, 6.45) is 23.0. The summed E-state index contributed by atoms with van der Waals surface area (Å²) in [5.41, 5.74) is 9.94. The average molecular weight is 653 g/mol. The minimum absolute atomic E-state index is 0.221. The highest BCUT2D eigenvalue weighted by Gasteiger charge is 2.69. The van der Waals surface area contributed by atoms with E-state index < -0.39 is 0 Å². The maximum absolute atomic E-state index is 7.00. The largest absolute Gasteiger partial charge is 0.376 e. The number of hydrogen-bond donors (Lipinski definition) is 0. The Morgan fingerprint density at radius 3 is 1.32 bits per heavy atom. The van der Waals surface area contributed by atoms with Gasteiger partial charge in [0.1, 0.15) is 0 Å². The first-order chi connectivity index (χ1) is 24.7. The molecule has 0 aliphatic heterocycles. The minimum atomic E-state index is -0.269. The van der Waals surface area contributed by atoms with Crippen molar-refractivity contribution in [1.82, 2.24) is 0 Å². The summed E-state index contributed by atoms with van der Waals surface area (Å²) in [5.74, 6) is 1.60. The molecule has 50 heavy (non-hydrogen) atoms. The van der Waals surface area contributed by atoms with Crippen molar-refractivity contribution in [2.45, 2.75) is 35.9 Å². The summed E-state index contributed by atoms with van der Waals surface area (Å²) >= 11 is 0. The Morgan fingerprint density at radius 2 is 0.900 bits per heavy atom. The van der Waals surface area contributed by atoms with Gasteiger partial charge in [0, 0.05) is 22.7 Å². The van der Waals surface area contributed by atoms with Gasteiger partial charge in [0.15, 0.2) is 0 Å². The van der Waals surface area contributed by atoms with E-state index in [-0.39, 0.29) is 34.5 Å². The van der Waals surface area contributed by atoms with Crippen molar-refractivity contribution in [1.29, 1.82) is 0 Å².